The molecule has 0 saturated heterocycles. The molecule has 0 fully saturated rings. The summed E-state index contributed by atoms with van der Waals surface area (Å²) in [6, 6.07) is 16.9. The fourth-order valence-electron chi connectivity index (χ4n) is 2.24. The maximum atomic E-state index is 5.84. The SMILES string of the molecule is Cc1ccnc(Sc2ccc3ccccc3c2)c1CN. The third kappa shape index (κ3) is 2.55. The van der Waals surface area contributed by atoms with E-state index in [4.69, 9.17) is 5.73 Å². The van der Waals surface area contributed by atoms with Crippen LogP contribution in [0, 0.1) is 6.92 Å². The van der Waals surface area contributed by atoms with Gasteiger partial charge in [-0.1, -0.05) is 42.1 Å². The Morgan fingerprint density at radius 1 is 1.05 bits per heavy atom. The van der Waals surface area contributed by atoms with E-state index in [-0.39, 0.29) is 0 Å². The molecular weight excluding hydrogens is 264 g/mol. The molecule has 100 valence electrons. The zero-order valence-electron chi connectivity index (χ0n) is 11.3. The molecule has 2 N–H and O–H groups in total. The third-order valence-corrected chi connectivity index (χ3v) is 4.42. The van der Waals surface area contributed by atoms with Gasteiger partial charge in [0.2, 0.25) is 0 Å². The minimum atomic E-state index is 0.523. The zero-order valence-corrected chi connectivity index (χ0v) is 12.2. The van der Waals surface area contributed by atoms with Crippen molar-refractivity contribution in [1.29, 1.82) is 0 Å². The van der Waals surface area contributed by atoms with Crippen LogP contribution >= 0.6 is 11.8 Å². The summed E-state index contributed by atoms with van der Waals surface area (Å²) in [4.78, 5) is 5.66. The second-order valence-corrected chi connectivity index (χ2v) is 5.79. The van der Waals surface area contributed by atoms with Crippen LogP contribution in [0.25, 0.3) is 10.8 Å². The molecule has 3 rings (SSSR count). The number of fused-ring (bicyclic) bond motifs is 1. The molecule has 0 saturated carbocycles. The lowest BCUT2D eigenvalue weighted by molar-refractivity contribution is 0.943. The van der Waals surface area contributed by atoms with Crippen LogP contribution < -0.4 is 5.73 Å². The van der Waals surface area contributed by atoms with Gasteiger partial charge in [-0.2, -0.15) is 0 Å². The lowest BCUT2D eigenvalue weighted by Crippen LogP contribution is -2.02. The Morgan fingerprint density at radius 3 is 2.65 bits per heavy atom. The van der Waals surface area contributed by atoms with E-state index < -0.39 is 0 Å². The number of aromatic nitrogens is 1. The van der Waals surface area contributed by atoms with Crippen molar-refractivity contribution in [3.05, 3.63) is 65.9 Å². The fraction of sp³-hybridized carbons (Fsp3) is 0.118. The van der Waals surface area contributed by atoms with Crippen LogP contribution in [0.3, 0.4) is 0 Å². The Morgan fingerprint density at radius 2 is 1.85 bits per heavy atom. The largest absolute Gasteiger partial charge is 0.326 e. The maximum Gasteiger partial charge on any atom is 0.105 e. The summed E-state index contributed by atoms with van der Waals surface area (Å²) in [5, 5.41) is 3.51. The van der Waals surface area contributed by atoms with Gasteiger partial charge in [-0.25, -0.2) is 4.98 Å². The first-order chi connectivity index (χ1) is 9.78. The van der Waals surface area contributed by atoms with Crippen molar-refractivity contribution in [2.75, 3.05) is 0 Å². The van der Waals surface area contributed by atoms with Crippen LogP contribution in [-0.2, 0) is 6.54 Å². The summed E-state index contributed by atoms with van der Waals surface area (Å²) in [5.74, 6) is 0. The first-order valence-corrected chi connectivity index (χ1v) is 7.41. The Kier molecular flexibility index (Phi) is 3.72. The molecule has 2 aromatic carbocycles. The first-order valence-electron chi connectivity index (χ1n) is 6.59. The van der Waals surface area contributed by atoms with Gasteiger partial charge in [-0.15, -0.1) is 0 Å². The molecule has 1 heterocycles. The number of benzene rings is 2. The minimum Gasteiger partial charge on any atom is -0.326 e. The number of rotatable bonds is 3. The van der Waals surface area contributed by atoms with Crippen molar-refractivity contribution in [3.63, 3.8) is 0 Å². The van der Waals surface area contributed by atoms with Gasteiger partial charge in [-0.3, -0.25) is 0 Å². The van der Waals surface area contributed by atoms with E-state index in [9.17, 15) is 0 Å². The predicted molar refractivity (Wildman–Crippen MR) is 84.9 cm³/mol. The van der Waals surface area contributed by atoms with Gasteiger partial charge in [0.15, 0.2) is 0 Å². The minimum absolute atomic E-state index is 0.523. The quantitative estimate of drug-likeness (QED) is 0.783. The van der Waals surface area contributed by atoms with Crippen LogP contribution in [0.15, 0.2) is 64.6 Å². The predicted octanol–water partition coefficient (Wildman–Crippen LogP) is 4.15. The highest BCUT2D eigenvalue weighted by Gasteiger charge is 2.07. The Labute approximate surface area is 123 Å². The summed E-state index contributed by atoms with van der Waals surface area (Å²) in [7, 11) is 0. The topological polar surface area (TPSA) is 38.9 Å². The van der Waals surface area contributed by atoms with Gasteiger partial charge in [0.05, 0.1) is 0 Å². The normalized spacial score (nSPS) is 10.9. The van der Waals surface area contributed by atoms with Gasteiger partial charge in [-0.05, 0) is 41.5 Å². The average molecular weight is 280 g/mol. The van der Waals surface area contributed by atoms with E-state index >= 15 is 0 Å². The van der Waals surface area contributed by atoms with Crippen molar-refractivity contribution in [1.82, 2.24) is 4.98 Å². The summed E-state index contributed by atoms with van der Waals surface area (Å²) < 4.78 is 0. The number of hydrogen-bond acceptors (Lipinski definition) is 3. The molecule has 20 heavy (non-hydrogen) atoms. The highest BCUT2D eigenvalue weighted by atomic mass is 32.2. The van der Waals surface area contributed by atoms with Gasteiger partial charge >= 0.3 is 0 Å². The molecule has 0 amide bonds. The zero-order chi connectivity index (χ0) is 13.9. The number of nitrogens with two attached hydrogens (primary N) is 1. The van der Waals surface area contributed by atoms with Crippen molar-refractivity contribution < 1.29 is 0 Å². The fourth-order valence-corrected chi connectivity index (χ4v) is 3.27. The molecule has 0 spiro atoms. The van der Waals surface area contributed by atoms with E-state index in [1.54, 1.807) is 11.8 Å². The molecule has 1 aromatic heterocycles. The van der Waals surface area contributed by atoms with E-state index in [1.807, 2.05) is 12.3 Å². The molecule has 3 heteroatoms. The van der Waals surface area contributed by atoms with Gasteiger partial charge in [0.25, 0.3) is 0 Å². The van der Waals surface area contributed by atoms with Gasteiger partial charge in [0.1, 0.15) is 5.03 Å². The van der Waals surface area contributed by atoms with Crippen molar-refractivity contribution >= 4 is 22.5 Å². The molecule has 0 bridgehead atoms. The van der Waals surface area contributed by atoms with E-state index in [0.717, 1.165) is 10.6 Å². The molecular formula is C17H16N2S. The first kappa shape index (κ1) is 13.2. The standard InChI is InChI=1S/C17H16N2S/c1-12-8-9-19-17(16(12)11-18)20-15-7-6-13-4-2-3-5-14(13)10-15/h2-10H,11,18H2,1H3. The Hall–Kier alpha value is -1.84. The number of hydrogen-bond donors (Lipinski definition) is 1. The molecule has 2 nitrogen and oxygen atoms in total. The van der Waals surface area contributed by atoms with Gasteiger partial charge in [0, 0.05) is 23.2 Å². The third-order valence-electron chi connectivity index (χ3n) is 3.39. The summed E-state index contributed by atoms with van der Waals surface area (Å²) in [5.41, 5.74) is 8.17. The van der Waals surface area contributed by atoms with Crippen molar-refractivity contribution in [2.45, 2.75) is 23.4 Å². The average Bonchev–Trinajstić information content (AvgIpc) is 2.47. The molecule has 0 aliphatic rings. The van der Waals surface area contributed by atoms with E-state index in [1.165, 1.54) is 21.2 Å². The molecule has 0 aliphatic carbocycles. The number of aryl methyl sites for hydroxylation is 1. The molecule has 0 unspecified atom stereocenters. The monoisotopic (exact) mass is 280 g/mol. The van der Waals surface area contributed by atoms with E-state index in [2.05, 4.69) is 54.4 Å². The number of nitrogens with zero attached hydrogens (tertiary/aromatic N) is 1. The second-order valence-electron chi connectivity index (χ2n) is 4.73. The molecule has 3 aromatic rings. The smallest absolute Gasteiger partial charge is 0.105 e. The Balaban J connectivity index is 1.99. The lowest BCUT2D eigenvalue weighted by Gasteiger charge is -2.09. The van der Waals surface area contributed by atoms with Crippen LogP contribution in [0.5, 0.6) is 0 Å². The summed E-state index contributed by atoms with van der Waals surface area (Å²) in [6.45, 7) is 2.60. The van der Waals surface area contributed by atoms with Crippen LogP contribution in [0.1, 0.15) is 11.1 Å². The van der Waals surface area contributed by atoms with Crippen LogP contribution in [0.4, 0.5) is 0 Å². The summed E-state index contributed by atoms with van der Waals surface area (Å²) in [6.07, 6.45) is 1.85. The second kappa shape index (κ2) is 5.65. The molecule has 0 aliphatic heterocycles. The van der Waals surface area contributed by atoms with E-state index in [0.29, 0.717) is 6.54 Å². The lowest BCUT2D eigenvalue weighted by atomic mass is 10.1. The highest BCUT2D eigenvalue weighted by molar-refractivity contribution is 7.99. The van der Waals surface area contributed by atoms with Crippen molar-refractivity contribution in [2.24, 2.45) is 5.73 Å². The van der Waals surface area contributed by atoms with Gasteiger partial charge < -0.3 is 5.73 Å². The van der Waals surface area contributed by atoms with Crippen LogP contribution in [0.2, 0.25) is 0 Å². The molecule has 0 atom stereocenters. The molecule has 0 radical (unpaired) electrons. The Bertz CT molecular complexity index is 753. The highest BCUT2D eigenvalue weighted by Crippen LogP contribution is 2.31. The van der Waals surface area contributed by atoms with Crippen molar-refractivity contribution in [3.8, 4) is 0 Å². The van der Waals surface area contributed by atoms with Crippen LogP contribution in [-0.4, -0.2) is 4.98 Å². The summed E-state index contributed by atoms with van der Waals surface area (Å²) >= 11 is 1.68. The number of pyridine rings is 1. The maximum absolute atomic E-state index is 5.84.